The molecule has 16 nitrogen and oxygen atoms in total. The van der Waals surface area contributed by atoms with Crippen LogP contribution in [0.1, 0.15) is 107 Å². The molecule has 0 saturated carbocycles. The Kier molecular flexibility index (Phi) is 13.6. The van der Waals surface area contributed by atoms with Gasteiger partial charge in [0.2, 0.25) is 11.8 Å². The number of nitrogens with one attached hydrogen (secondary N) is 1. The summed E-state index contributed by atoms with van der Waals surface area (Å²) in [6.07, 6.45) is 16.3. The van der Waals surface area contributed by atoms with Crippen molar-refractivity contribution < 1.29 is 37.4 Å². The second kappa shape index (κ2) is 20.9. The lowest BCUT2D eigenvalue weighted by atomic mass is 9.78. The van der Waals surface area contributed by atoms with Crippen molar-refractivity contribution in [3.8, 4) is 29.6 Å². The van der Waals surface area contributed by atoms with E-state index in [2.05, 4.69) is 51.1 Å². The third-order valence-corrected chi connectivity index (χ3v) is 18.9. The largest absolute Gasteiger partial charge is 0.461 e. The van der Waals surface area contributed by atoms with E-state index in [9.17, 15) is 14.4 Å². The minimum Gasteiger partial charge on any atom is -0.461 e. The van der Waals surface area contributed by atoms with Crippen molar-refractivity contribution >= 4 is 62.0 Å². The Morgan fingerprint density at radius 1 is 0.937 bits per heavy atom. The summed E-state index contributed by atoms with van der Waals surface area (Å²) in [6.45, 7) is 8.97. The zero-order chi connectivity index (χ0) is 54.1. The maximum absolute atomic E-state index is 17.5. The molecule has 6 saturated heterocycles. The maximum Gasteiger partial charge on any atom is 0.409 e. The van der Waals surface area contributed by atoms with Crippen LogP contribution in [0.4, 0.5) is 25.1 Å². The molecule has 6 fully saturated rings. The fourth-order valence-corrected chi connectivity index (χ4v) is 14.7. The first-order valence-corrected chi connectivity index (χ1v) is 28.7. The van der Waals surface area contributed by atoms with Crippen LogP contribution in [0.5, 0.6) is 6.01 Å². The van der Waals surface area contributed by atoms with Gasteiger partial charge in [-0.05, 0) is 131 Å². The van der Waals surface area contributed by atoms with Crippen LogP contribution in [-0.2, 0) is 32.5 Å². The van der Waals surface area contributed by atoms with Crippen LogP contribution in [-0.4, -0.2) is 136 Å². The number of anilines is 2. The molecule has 0 spiro atoms. The third kappa shape index (κ3) is 9.37. The highest BCUT2D eigenvalue weighted by atomic mass is 19.1. The van der Waals surface area contributed by atoms with Gasteiger partial charge in [0.15, 0.2) is 5.82 Å². The average Bonchev–Trinajstić information content (AvgIpc) is 4.26. The van der Waals surface area contributed by atoms with E-state index >= 15 is 8.78 Å². The van der Waals surface area contributed by atoms with Gasteiger partial charge in [0, 0.05) is 80.9 Å². The number of terminal acetylenes is 1. The number of aromatic nitrogens is 5. The Morgan fingerprint density at radius 3 is 2.65 bits per heavy atom. The Labute approximate surface area is 458 Å². The van der Waals surface area contributed by atoms with E-state index in [-0.39, 0.29) is 58.3 Å². The van der Waals surface area contributed by atoms with E-state index in [0.717, 1.165) is 106 Å². The molecule has 0 aliphatic carbocycles. The molecule has 6 aromatic rings. The molecule has 13 rings (SSSR count). The van der Waals surface area contributed by atoms with E-state index < -0.39 is 17.6 Å². The normalized spacial score (nSPS) is 25.8. The summed E-state index contributed by atoms with van der Waals surface area (Å²) in [4.78, 5) is 62.1. The molecule has 0 bridgehead atoms. The number of aryl methyl sites for hydroxylation is 2. The number of imide groups is 1. The van der Waals surface area contributed by atoms with Gasteiger partial charge in [-0.2, -0.15) is 15.1 Å². The molecule has 7 aliphatic heterocycles. The number of pyridine rings is 1. The summed E-state index contributed by atoms with van der Waals surface area (Å²) in [6, 6.07) is 14.9. The lowest BCUT2D eigenvalue weighted by Gasteiger charge is -2.41. The van der Waals surface area contributed by atoms with E-state index in [4.69, 9.17) is 40.7 Å². The lowest BCUT2D eigenvalue weighted by Crippen LogP contribution is -2.48. The molecule has 7 aliphatic rings. The summed E-state index contributed by atoms with van der Waals surface area (Å²) in [7, 11) is 1.92. The van der Waals surface area contributed by atoms with Crippen LogP contribution in [0, 0.1) is 41.7 Å². The molecule has 10 heterocycles. The molecule has 3 aromatic heterocycles. The molecule has 3 amide bonds. The van der Waals surface area contributed by atoms with Gasteiger partial charge in [0.25, 0.3) is 0 Å². The number of ether oxygens (including phenoxy) is 3. The maximum atomic E-state index is 17.5. The highest BCUT2D eigenvalue weighted by Crippen LogP contribution is 2.45. The molecule has 3 aromatic carbocycles. The highest BCUT2D eigenvalue weighted by Gasteiger charge is 2.50. The molecule has 18 heteroatoms. The Bertz CT molecular complexity index is 3450. The monoisotopic (exact) mass is 1070 g/mol. The van der Waals surface area contributed by atoms with Crippen LogP contribution >= 0.6 is 0 Å². The number of amides is 3. The summed E-state index contributed by atoms with van der Waals surface area (Å²) in [5.74, 6) is 2.64. The van der Waals surface area contributed by atoms with Gasteiger partial charge in [-0.1, -0.05) is 37.1 Å². The lowest BCUT2D eigenvalue weighted by molar-refractivity contribution is -0.134. The molecule has 412 valence electrons. The van der Waals surface area contributed by atoms with E-state index in [1.54, 1.807) is 18.2 Å². The molecule has 0 radical (unpaired) electrons. The number of fused-ring (bicyclic) bond motifs is 5. The van der Waals surface area contributed by atoms with Gasteiger partial charge in [-0.15, -0.1) is 6.42 Å². The quantitative estimate of drug-likeness (QED) is 0.103. The zero-order valence-corrected chi connectivity index (χ0v) is 45.2. The topological polar surface area (TPSA) is 160 Å². The van der Waals surface area contributed by atoms with Gasteiger partial charge in [-0.3, -0.25) is 24.5 Å². The zero-order valence-electron chi connectivity index (χ0n) is 45.2. The van der Waals surface area contributed by atoms with Crippen molar-refractivity contribution in [2.24, 2.45) is 24.8 Å². The van der Waals surface area contributed by atoms with Gasteiger partial charge < -0.3 is 28.9 Å². The number of rotatable bonds is 10. The van der Waals surface area contributed by atoms with E-state index in [1.165, 1.54) is 6.07 Å². The molecule has 1 unspecified atom stereocenters. The summed E-state index contributed by atoms with van der Waals surface area (Å²) >= 11 is 0. The molecule has 79 heavy (non-hydrogen) atoms. The summed E-state index contributed by atoms with van der Waals surface area (Å²) in [5, 5.41) is 9.85. The smallest absolute Gasteiger partial charge is 0.409 e. The van der Waals surface area contributed by atoms with Gasteiger partial charge >= 0.3 is 12.1 Å². The van der Waals surface area contributed by atoms with Gasteiger partial charge in [-0.25, -0.2) is 18.6 Å². The Morgan fingerprint density at radius 2 is 1.81 bits per heavy atom. The van der Waals surface area contributed by atoms with Crippen molar-refractivity contribution in [1.29, 1.82) is 0 Å². The minimum absolute atomic E-state index is 0.00385. The van der Waals surface area contributed by atoms with Crippen molar-refractivity contribution in [2.75, 3.05) is 75.5 Å². The second-order valence-electron chi connectivity index (χ2n) is 23.5. The number of halogens is 2. The van der Waals surface area contributed by atoms with Crippen LogP contribution in [0.2, 0.25) is 0 Å². The molecule has 1 N–H and O–H groups in total. The van der Waals surface area contributed by atoms with Crippen molar-refractivity contribution in [3.63, 3.8) is 0 Å². The third-order valence-electron chi connectivity index (χ3n) is 18.9. The van der Waals surface area contributed by atoms with Gasteiger partial charge in [0.1, 0.15) is 36.1 Å². The predicted octanol–water partition coefficient (Wildman–Crippen LogP) is 8.83. The number of hydrogen-bond acceptors (Lipinski definition) is 13. The second-order valence-corrected chi connectivity index (χ2v) is 23.5. The number of hydrogen-bond donors (Lipinski definition) is 1. The molecular formula is C61H68F2N10O6. The number of likely N-dealkylation sites (tertiary alicyclic amines) is 1. The number of piperidine rings is 3. The first-order valence-electron chi connectivity index (χ1n) is 28.7. The Hall–Kier alpha value is -6.97. The fourth-order valence-electron chi connectivity index (χ4n) is 14.7. The van der Waals surface area contributed by atoms with Crippen LogP contribution < -0.4 is 19.9 Å². The minimum atomic E-state index is -0.640. The van der Waals surface area contributed by atoms with Crippen LogP contribution in [0.25, 0.3) is 43.8 Å². The number of nitrogens with zero attached hydrogens (tertiary/aromatic N) is 9. The molecular weight excluding hydrogens is 1010 g/mol. The fraction of sp³-hybridized carbons (Fsp3) is 0.525. The van der Waals surface area contributed by atoms with Crippen LogP contribution in [0.3, 0.4) is 0 Å². The summed E-state index contributed by atoms with van der Waals surface area (Å²) < 4.78 is 53.4. The first-order chi connectivity index (χ1) is 38.4. The average molecular weight is 1080 g/mol. The number of benzene rings is 3. The SMILES string of the molecule is C#Cc1c(F)ccc2cccc(-c3nc4c5c(nc(OC[C@@]67CCCN6[C@H](COC(=O)N6CCC(C[C@@H]8CCN(c9ccc%10c(C%11CCC(=O)NC%11=O)nn(C)c%10c9)C[C@H]8C)CC6)CC7)nc5c3F)N3CCCOC[C@@H]3CC4)c12. The highest BCUT2D eigenvalue weighted by molar-refractivity contribution is 6.04. The van der Waals surface area contributed by atoms with Gasteiger partial charge in [0.05, 0.1) is 52.0 Å². The number of carbonyl (C=O) groups is 3. The summed E-state index contributed by atoms with van der Waals surface area (Å²) in [5.41, 5.74) is 3.86. The van der Waals surface area contributed by atoms with E-state index in [1.807, 2.05) is 22.7 Å². The van der Waals surface area contributed by atoms with Crippen LogP contribution in [0.15, 0.2) is 48.5 Å². The Balaban J connectivity index is 0.638. The van der Waals surface area contributed by atoms with Crippen molar-refractivity contribution in [3.05, 3.63) is 77.1 Å². The molecule has 6 atom stereocenters. The van der Waals surface area contributed by atoms with E-state index in [0.29, 0.717) is 116 Å². The predicted molar refractivity (Wildman–Crippen MR) is 296 cm³/mol. The first kappa shape index (κ1) is 51.5. The van der Waals surface area contributed by atoms with Crippen molar-refractivity contribution in [2.45, 2.75) is 114 Å². The van der Waals surface area contributed by atoms with Crippen molar-refractivity contribution in [1.82, 2.24) is 39.8 Å². The number of carbonyl (C=O) groups excluding carboxylic acids is 3. The standard InChI is InChI=1S/C61H68F2N10O6/c1-4-43-47(62)15-10-38-8-5-9-45(51(38)43)55-53(63)56-52-48(64-55)16-12-41-33-77-29-7-24-72(41)57(52)67-59(66-56)79-35-61-22-6-25-73(61)42(18-23-61)34-78-60(76)70-26-19-37(20-27-70)30-39-21-28-71(32-36(39)2)40-11-13-44-49(31-40)69(3)68-54(44)46-14-17-50(74)65-58(46)75/h1,5,8-11,13,15,31,36-37,39,41-42,46H,6-7,12,14,16-30,32-35H2,2-3H3,(H,65,74,75)/t36-,39+,41+,42+,46?,61+/m1/s1.